The van der Waals surface area contributed by atoms with Gasteiger partial charge in [0.25, 0.3) is 0 Å². The molecule has 0 aromatic carbocycles. The molecule has 31 heavy (non-hydrogen) atoms. The van der Waals surface area contributed by atoms with Crippen LogP contribution in [-0.2, 0) is 11.2 Å². The maximum Gasteiger partial charge on any atom is 0.321 e. The third-order valence-electron chi connectivity index (χ3n) is 5.77. The van der Waals surface area contributed by atoms with Crippen molar-refractivity contribution in [2.24, 2.45) is 0 Å². The van der Waals surface area contributed by atoms with Gasteiger partial charge in [-0.05, 0) is 25.3 Å². The maximum atomic E-state index is 12.6. The van der Waals surface area contributed by atoms with Crippen LogP contribution >= 0.6 is 11.3 Å². The summed E-state index contributed by atoms with van der Waals surface area (Å²) in [5, 5.41) is 8.34. The molecule has 166 valence electrons. The van der Waals surface area contributed by atoms with Crippen molar-refractivity contribution in [3.63, 3.8) is 0 Å². The zero-order valence-electron chi connectivity index (χ0n) is 17.6. The fourth-order valence-electron chi connectivity index (χ4n) is 4.05. The van der Waals surface area contributed by atoms with Crippen LogP contribution in [0.4, 0.5) is 15.9 Å². The molecule has 1 saturated carbocycles. The number of aryl methyl sites for hydroxylation is 1. The number of nitrogens with zero attached hydrogens (tertiary/aromatic N) is 5. The number of aromatic nitrogens is 3. The Bertz CT molecular complexity index is 862. The van der Waals surface area contributed by atoms with E-state index in [1.807, 2.05) is 10.3 Å². The van der Waals surface area contributed by atoms with Gasteiger partial charge in [0.1, 0.15) is 0 Å². The molecule has 0 spiro atoms. The van der Waals surface area contributed by atoms with Crippen molar-refractivity contribution in [3.05, 3.63) is 29.5 Å². The lowest BCUT2D eigenvalue weighted by molar-refractivity contribution is -0.131. The van der Waals surface area contributed by atoms with Crippen molar-refractivity contribution in [1.82, 2.24) is 25.2 Å². The fourth-order valence-corrected chi connectivity index (χ4v) is 4.79. The second kappa shape index (κ2) is 10.5. The summed E-state index contributed by atoms with van der Waals surface area (Å²) >= 11 is 1.40. The van der Waals surface area contributed by atoms with Crippen molar-refractivity contribution in [3.8, 4) is 0 Å². The van der Waals surface area contributed by atoms with E-state index >= 15 is 0 Å². The van der Waals surface area contributed by atoms with Crippen LogP contribution < -0.4 is 15.5 Å². The lowest BCUT2D eigenvalue weighted by atomic mass is 9.96. The maximum absolute atomic E-state index is 12.6. The molecule has 0 bridgehead atoms. The van der Waals surface area contributed by atoms with Crippen molar-refractivity contribution >= 4 is 34.4 Å². The first-order valence-electron chi connectivity index (χ1n) is 11.0. The number of nitrogens with one attached hydrogen (secondary N) is 2. The van der Waals surface area contributed by atoms with Crippen molar-refractivity contribution in [1.29, 1.82) is 0 Å². The van der Waals surface area contributed by atoms with Gasteiger partial charge < -0.3 is 15.1 Å². The van der Waals surface area contributed by atoms with Crippen LogP contribution in [0, 0.1) is 0 Å². The smallest absolute Gasteiger partial charge is 0.321 e. The van der Waals surface area contributed by atoms with Crippen LogP contribution in [0.25, 0.3) is 0 Å². The van der Waals surface area contributed by atoms with Gasteiger partial charge in [-0.15, -0.1) is 11.3 Å². The lowest BCUT2D eigenvalue weighted by Gasteiger charge is -2.34. The van der Waals surface area contributed by atoms with Crippen LogP contribution in [0.3, 0.4) is 0 Å². The van der Waals surface area contributed by atoms with Gasteiger partial charge in [-0.3, -0.25) is 10.1 Å². The monoisotopic (exact) mass is 443 g/mol. The van der Waals surface area contributed by atoms with Crippen LogP contribution in [0.15, 0.2) is 23.8 Å². The summed E-state index contributed by atoms with van der Waals surface area (Å²) in [4.78, 5) is 41.8. The molecule has 10 heteroatoms. The van der Waals surface area contributed by atoms with E-state index < -0.39 is 0 Å². The van der Waals surface area contributed by atoms with Gasteiger partial charge in [-0.1, -0.05) is 19.3 Å². The topological polar surface area (TPSA) is 103 Å². The molecular formula is C21H29N7O2S. The number of carbonyl (C=O) groups excluding carboxylic acids is 2. The molecule has 0 atom stereocenters. The number of thiazole rings is 1. The normalized spacial score (nSPS) is 17.4. The Balaban J connectivity index is 1.18. The van der Waals surface area contributed by atoms with Gasteiger partial charge in [-0.2, -0.15) is 0 Å². The summed E-state index contributed by atoms with van der Waals surface area (Å²) in [6.45, 7) is 2.80. The van der Waals surface area contributed by atoms with Crippen molar-refractivity contribution < 1.29 is 9.59 Å². The Labute approximate surface area is 186 Å². The number of hydrogen-bond acceptors (Lipinski definition) is 7. The SMILES string of the molecule is O=C(Nc1nc(CCC(=O)N2CCN(c3ncccn3)CC2)cs1)NC1CCCCC1. The Hall–Kier alpha value is -2.75. The van der Waals surface area contributed by atoms with E-state index in [1.165, 1.54) is 30.6 Å². The molecule has 3 heterocycles. The Morgan fingerprint density at radius 3 is 2.55 bits per heavy atom. The summed E-state index contributed by atoms with van der Waals surface area (Å²) in [7, 11) is 0. The minimum absolute atomic E-state index is 0.131. The first kappa shape index (κ1) is 21.5. The quantitative estimate of drug-likeness (QED) is 0.711. The van der Waals surface area contributed by atoms with Crippen LogP contribution in [-0.4, -0.2) is 64.0 Å². The molecule has 0 radical (unpaired) electrons. The zero-order valence-corrected chi connectivity index (χ0v) is 18.4. The molecule has 1 aliphatic heterocycles. The fraction of sp³-hybridized carbons (Fsp3) is 0.571. The van der Waals surface area contributed by atoms with E-state index in [2.05, 4.69) is 30.5 Å². The summed E-state index contributed by atoms with van der Waals surface area (Å²) in [6.07, 6.45) is 10.2. The molecule has 1 aliphatic carbocycles. The van der Waals surface area contributed by atoms with Crippen LogP contribution in [0.5, 0.6) is 0 Å². The molecule has 2 aromatic heterocycles. The molecule has 9 nitrogen and oxygen atoms in total. The zero-order chi connectivity index (χ0) is 21.5. The second-order valence-electron chi connectivity index (χ2n) is 7.99. The predicted molar refractivity (Wildman–Crippen MR) is 120 cm³/mol. The highest BCUT2D eigenvalue weighted by atomic mass is 32.1. The van der Waals surface area contributed by atoms with Crippen molar-refractivity contribution in [2.45, 2.75) is 51.0 Å². The van der Waals surface area contributed by atoms with Crippen LogP contribution in [0.2, 0.25) is 0 Å². The summed E-state index contributed by atoms with van der Waals surface area (Å²) in [6, 6.07) is 1.87. The number of urea groups is 1. The average Bonchev–Trinajstić information content (AvgIpc) is 3.26. The van der Waals surface area contributed by atoms with Gasteiger partial charge in [0.05, 0.1) is 5.69 Å². The van der Waals surface area contributed by atoms with E-state index in [4.69, 9.17) is 0 Å². The van der Waals surface area contributed by atoms with E-state index in [9.17, 15) is 9.59 Å². The first-order chi connectivity index (χ1) is 15.2. The van der Waals surface area contributed by atoms with E-state index in [-0.39, 0.29) is 18.0 Å². The third-order valence-corrected chi connectivity index (χ3v) is 6.58. The Morgan fingerprint density at radius 2 is 1.81 bits per heavy atom. The van der Waals surface area contributed by atoms with Gasteiger partial charge in [0, 0.05) is 56.4 Å². The molecule has 2 aliphatic rings. The highest BCUT2D eigenvalue weighted by Crippen LogP contribution is 2.19. The number of amides is 3. The van der Waals surface area contributed by atoms with Gasteiger partial charge in [0.15, 0.2) is 5.13 Å². The number of rotatable bonds is 6. The summed E-state index contributed by atoms with van der Waals surface area (Å²) in [5.74, 6) is 0.843. The molecule has 4 rings (SSSR count). The Kier molecular flexibility index (Phi) is 7.29. The van der Waals surface area contributed by atoms with Gasteiger partial charge in [0.2, 0.25) is 11.9 Å². The first-order valence-corrected chi connectivity index (χ1v) is 11.9. The highest BCUT2D eigenvalue weighted by molar-refractivity contribution is 7.13. The minimum atomic E-state index is -0.191. The number of piperazine rings is 1. The number of carbonyl (C=O) groups is 2. The van der Waals surface area contributed by atoms with Gasteiger partial charge in [-0.25, -0.2) is 19.7 Å². The van der Waals surface area contributed by atoms with Crippen LogP contribution in [0.1, 0.15) is 44.2 Å². The van der Waals surface area contributed by atoms with E-state index in [1.54, 1.807) is 18.5 Å². The third kappa shape index (κ3) is 6.13. The molecule has 3 amide bonds. The summed E-state index contributed by atoms with van der Waals surface area (Å²) in [5.41, 5.74) is 0.836. The molecule has 1 saturated heterocycles. The molecular weight excluding hydrogens is 414 g/mol. The Morgan fingerprint density at radius 1 is 1.06 bits per heavy atom. The molecule has 0 unspecified atom stereocenters. The number of anilines is 2. The molecule has 2 aromatic rings. The van der Waals surface area contributed by atoms with Gasteiger partial charge >= 0.3 is 6.03 Å². The summed E-state index contributed by atoms with van der Waals surface area (Å²) < 4.78 is 0. The second-order valence-corrected chi connectivity index (χ2v) is 8.85. The van der Waals surface area contributed by atoms with Crippen molar-refractivity contribution in [2.75, 3.05) is 36.4 Å². The predicted octanol–water partition coefficient (Wildman–Crippen LogP) is 2.67. The molecule has 2 fully saturated rings. The van der Waals surface area contributed by atoms with E-state index in [0.717, 1.165) is 31.6 Å². The molecule has 2 N–H and O–H groups in total. The standard InChI is InChI=1S/C21H29N7O2S/c29-18(27-11-13-28(14-12-27)19-22-9-4-10-23-19)8-7-17-15-31-21(25-17)26-20(30)24-16-5-2-1-3-6-16/h4,9-10,15-16H,1-3,5-8,11-14H2,(H2,24,25,26,30). The minimum Gasteiger partial charge on any atom is -0.339 e. The van der Waals surface area contributed by atoms with E-state index in [0.29, 0.717) is 37.0 Å². The number of hydrogen-bond donors (Lipinski definition) is 2. The lowest BCUT2D eigenvalue weighted by Crippen LogP contribution is -2.49. The highest BCUT2D eigenvalue weighted by Gasteiger charge is 2.22. The largest absolute Gasteiger partial charge is 0.339 e. The average molecular weight is 444 g/mol.